The lowest BCUT2D eigenvalue weighted by Crippen LogP contribution is -2.14. The van der Waals surface area contributed by atoms with Crippen LogP contribution in [0.3, 0.4) is 0 Å². The molecule has 0 unspecified atom stereocenters. The van der Waals surface area contributed by atoms with Crippen LogP contribution in [-0.4, -0.2) is 52.6 Å². The molecule has 160 valence electrons. The first-order valence-corrected chi connectivity index (χ1v) is 10.2. The molecule has 0 aliphatic carbocycles. The van der Waals surface area contributed by atoms with E-state index in [9.17, 15) is 9.90 Å². The maximum absolute atomic E-state index is 11.3. The summed E-state index contributed by atoms with van der Waals surface area (Å²) in [6.45, 7) is 1.72. The summed E-state index contributed by atoms with van der Waals surface area (Å²) in [6.07, 6.45) is 0.422. The summed E-state index contributed by atoms with van der Waals surface area (Å²) < 4.78 is 15.7. The molecular formula is C21H20N4O5S. The molecule has 31 heavy (non-hydrogen) atoms. The van der Waals surface area contributed by atoms with Gasteiger partial charge in [0.25, 0.3) is 0 Å². The van der Waals surface area contributed by atoms with Gasteiger partial charge in [-0.25, -0.2) is 9.79 Å². The van der Waals surface area contributed by atoms with Gasteiger partial charge in [-0.2, -0.15) is 9.98 Å². The van der Waals surface area contributed by atoms with Crippen molar-refractivity contribution in [1.82, 2.24) is 10.1 Å². The van der Waals surface area contributed by atoms with E-state index in [0.717, 1.165) is 5.56 Å². The van der Waals surface area contributed by atoms with Crippen LogP contribution in [-0.2, 0) is 0 Å². The highest BCUT2D eigenvalue weighted by Gasteiger charge is 2.16. The van der Waals surface area contributed by atoms with Crippen molar-refractivity contribution in [2.75, 3.05) is 20.5 Å². The minimum Gasteiger partial charge on any atom is -0.497 e. The van der Waals surface area contributed by atoms with Gasteiger partial charge in [-0.05, 0) is 42.7 Å². The van der Waals surface area contributed by atoms with Crippen LogP contribution >= 0.6 is 11.8 Å². The number of thioether (sulfide) groups is 1. The van der Waals surface area contributed by atoms with Crippen LogP contribution in [0.25, 0.3) is 11.4 Å². The Balaban J connectivity index is 2.10. The monoisotopic (exact) mass is 440 g/mol. The molecule has 9 nitrogen and oxygen atoms in total. The molecule has 0 radical (unpaired) electrons. The van der Waals surface area contributed by atoms with Crippen LogP contribution in [0.15, 0.2) is 57.0 Å². The summed E-state index contributed by atoms with van der Waals surface area (Å²) in [5.74, 6) is 2.03. The first kappa shape index (κ1) is 22.0. The minimum atomic E-state index is -1.31. The number of nitrogens with zero attached hydrogens (tertiary/aromatic N) is 4. The average Bonchev–Trinajstić information content (AvgIpc) is 3.22. The number of ether oxygens (including phenoxy) is 2. The third kappa shape index (κ3) is 5.48. The van der Waals surface area contributed by atoms with Gasteiger partial charge in [-0.15, -0.1) is 11.8 Å². The van der Waals surface area contributed by atoms with Crippen molar-refractivity contribution in [2.24, 2.45) is 9.98 Å². The van der Waals surface area contributed by atoms with Crippen molar-refractivity contribution in [3.63, 3.8) is 0 Å². The zero-order chi connectivity index (χ0) is 22.4. The van der Waals surface area contributed by atoms with Gasteiger partial charge in [0.15, 0.2) is 0 Å². The SMILES string of the molecule is COc1cc(OC)cc(C(=Nc2ccc(-c3noc(C)n3)cc2)C(=NC(=O)O)SC)c1. The largest absolute Gasteiger partial charge is 0.497 e. The van der Waals surface area contributed by atoms with Crippen molar-refractivity contribution in [1.29, 1.82) is 0 Å². The average molecular weight is 440 g/mol. The first-order chi connectivity index (χ1) is 14.9. The molecule has 0 saturated carbocycles. The molecule has 10 heteroatoms. The molecule has 1 heterocycles. The van der Waals surface area contributed by atoms with E-state index < -0.39 is 6.09 Å². The fourth-order valence-electron chi connectivity index (χ4n) is 2.69. The molecule has 0 fully saturated rings. The van der Waals surface area contributed by atoms with Crippen molar-refractivity contribution in [3.8, 4) is 22.9 Å². The third-order valence-corrected chi connectivity index (χ3v) is 4.78. The van der Waals surface area contributed by atoms with E-state index >= 15 is 0 Å². The van der Waals surface area contributed by atoms with Gasteiger partial charge >= 0.3 is 6.09 Å². The summed E-state index contributed by atoms with van der Waals surface area (Å²) in [7, 11) is 3.07. The Labute approximate surface area is 182 Å². The van der Waals surface area contributed by atoms with Crippen LogP contribution in [0.5, 0.6) is 11.5 Å². The number of hydrogen-bond acceptors (Lipinski definition) is 8. The van der Waals surface area contributed by atoms with E-state index in [4.69, 9.17) is 14.0 Å². The van der Waals surface area contributed by atoms with Crippen LogP contribution in [0.4, 0.5) is 10.5 Å². The molecule has 0 bridgehead atoms. The summed E-state index contributed by atoms with van der Waals surface area (Å²) in [5.41, 5.74) is 2.33. The molecule has 0 aliphatic heterocycles. The molecule has 3 rings (SSSR count). The molecule has 2 aromatic carbocycles. The number of aryl methyl sites for hydroxylation is 1. The molecule has 0 aliphatic rings. The molecule has 0 saturated heterocycles. The van der Waals surface area contributed by atoms with Crippen LogP contribution < -0.4 is 9.47 Å². The lowest BCUT2D eigenvalue weighted by atomic mass is 10.1. The predicted octanol–water partition coefficient (Wildman–Crippen LogP) is 4.62. The van der Waals surface area contributed by atoms with Gasteiger partial charge in [0.1, 0.15) is 22.3 Å². The molecule has 1 N–H and O–H groups in total. The third-order valence-electron chi connectivity index (χ3n) is 4.11. The summed E-state index contributed by atoms with van der Waals surface area (Å²) in [5, 5.41) is 13.4. The smallest absolute Gasteiger partial charge is 0.432 e. The summed E-state index contributed by atoms with van der Waals surface area (Å²) in [4.78, 5) is 23.8. The quantitative estimate of drug-likeness (QED) is 0.435. The zero-order valence-corrected chi connectivity index (χ0v) is 18.1. The Bertz CT molecular complexity index is 1120. The number of aliphatic imine (C=N–C) groups is 2. The summed E-state index contributed by atoms with van der Waals surface area (Å²) >= 11 is 1.17. The number of carboxylic acid groups (broad SMARTS) is 1. The number of benzene rings is 2. The van der Waals surface area contributed by atoms with E-state index in [2.05, 4.69) is 20.1 Å². The molecular weight excluding hydrogens is 420 g/mol. The standard InChI is InChI=1S/C21H20N4O5S/c1-12-22-19(25-30-12)13-5-7-15(8-6-13)23-18(20(31-4)24-21(26)27)14-9-16(28-2)11-17(10-14)29-3/h5-11H,1-4H3,(H,26,27). The lowest BCUT2D eigenvalue weighted by Gasteiger charge is -2.12. The number of hydrogen-bond donors (Lipinski definition) is 1. The molecule has 3 aromatic rings. The maximum Gasteiger partial charge on any atom is 0.432 e. The van der Waals surface area contributed by atoms with Gasteiger partial charge in [0, 0.05) is 24.1 Å². The van der Waals surface area contributed by atoms with Crippen molar-refractivity contribution in [2.45, 2.75) is 6.92 Å². The van der Waals surface area contributed by atoms with Crippen LogP contribution in [0.2, 0.25) is 0 Å². The second kappa shape index (κ2) is 9.90. The number of aromatic nitrogens is 2. The van der Waals surface area contributed by atoms with E-state index in [-0.39, 0.29) is 5.04 Å². The lowest BCUT2D eigenvalue weighted by molar-refractivity contribution is 0.206. The highest BCUT2D eigenvalue weighted by molar-refractivity contribution is 8.15. The van der Waals surface area contributed by atoms with Crippen molar-refractivity contribution in [3.05, 3.63) is 53.9 Å². The topological polar surface area (TPSA) is 119 Å². The molecule has 1 aromatic heterocycles. The Morgan fingerprint density at radius 2 is 1.74 bits per heavy atom. The molecule has 0 atom stereocenters. The van der Waals surface area contributed by atoms with Crippen LogP contribution in [0.1, 0.15) is 11.5 Å². The van der Waals surface area contributed by atoms with E-state index in [0.29, 0.717) is 40.2 Å². The number of amides is 1. The minimum absolute atomic E-state index is 0.237. The zero-order valence-electron chi connectivity index (χ0n) is 17.3. The number of rotatable bonds is 6. The predicted molar refractivity (Wildman–Crippen MR) is 119 cm³/mol. The first-order valence-electron chi connectivity index (χ1n) is 9.02. The van der Waals surface area contributed by atoms with Gasteiger partial charge < -0.3 is 19.1 Å². The Hall–Kier alpha value is -3.66. The fraction of sp³-hybridized carbons (Fsp3) is 0.190. The second-order valence-corrected chi connectivity index (χ2v) is 6.94. The van der Waals surface area contributed by atoms with E-state index in [1.807, 2.05) is 0 Å². The van der Waals surface area contributed by atoms with Crippen molar-refractivity contribution >= 4 is 34.3 Å². The molecule has 1 amide bonds. The normalized spacial score (nSPS) is 12.0. The van der Waals surface area contributed by atoms with Gasteiger partial charge in [0.2, 0.25) is 11.7 Å². The number of methoxy groups -OCH3 is 2. The number of carbonyl (C=O) groups is 1. The molecule has 0 spiro atoms. The van der Waals surface area contributed by atoms with Gasteiger partial charge in [-0.1, -0.05) is 5.16 Å². The summed E-state index contributed by atoms with van der Waals surface area (Å²) in [6, 6.07) is 12.4. The Morgan fingerprint density at radius 3 is 2.23 bits per heavy atom. The Morgan fingerprint density at radius 1 is 1.10 bits per heavy atom. The van der Waals surface area contributed by atoms with E-state index in [1.54, 1.807) is 55.6 Å². The second-order valence-electron chi connectivity index (χ2n) is 6.15. The van der Waals surface area contributed by atoms with Crippen molar-refractivity contribution < 1.29 is 23.9 Å². The maximum atomic E-state index is 11.3. The van der Waals surface area contributed by atoms with Gasteiger partial charge in [-0.3, -0.25) is 0 Å². The van der Waals surface area contributed by atoms with Crippen LogP contribution in [0, 0.1) is 6.92 Å². The highest BCUT2D eigenvalue weighted by atomic mass is 32.2. The fourth-order valence-corrected chi connectivity index (χ4v) is 3.22. The van der Waals surface area contributed by atoms with Gasteiger partial charge in [0.05, 0.1) is 19.9 Å². The Kier molecular flexibility index (Phi) is 7.03. The van der Waals surface area contributed by atoms with E-state index in [1.165, 1.54) is 26.0 Å². The highest BCUT2D eigenvalue weighted by Crippen LogP contribution is 2.27.